The smallest absolute Gasteiger partial charge is 0.247 e. The van der Waals surface area contributed by atoms with Crippen LogP contribution in [0.2, 0.25) is 10.0 Å². The monoisotopic (exact) mass is 496 g/mol. The maximum Gasteiger partial charge on any atom is 0.247 e. The van der Waals surface area contributed by atoms with Gasteiger partial charge in [0.15, 0.2) is 0 Å². The minimum atomic E-state index is -0.807. The number of nitrogens with zero attached hydrogens (tertiary/aromatic N) is 1. The summed E-state index contributed by atoms with van der Waals surface area (Å²) in [5.41, 5.74) is 2.55. The van der Waals surface area contributed by atoms with E-state index < -0.39 is 6.04 Å². The predicted octanol–water partition coefficient (Wildman–Crippen LogP) is 5.68. The van der Waals surface area contributed by atoms with Crippen molar-refractivity contribution in [3.05, 3.63) is 99.5 Å². The summed E-state index contributed by atoms with van der Waals surface area (Å²) >= 11 is 12.4. The lowest BCUT2D eigenvalue weighted by molar-refractivity contribution is -0.141. The Labute approximate surface area is 209 Å². The van der Waals surface area contributed by atoms with Crippen molar-refractivity contribution in [2.24, 2.45) is 0 Å². The molecule has 0 saturated heterocycles. The number of aryl methyl sites for hydroxylation is 1. The van der Waals surface area contributed by atoms with Gasteiger partial charge in [-0.15, -0.1) is 0 Å². The molecule has 3 aromatic rings. The van der Waals surface area contributed by atoms with E-state index in [-0.39, 0.29) is 30.0 Å². The maximum absolute atomic E-state index is 13.5. The fourth-order valence-electron chi connectivity index (χ4n) is 3.96. The molecular weight excluding hydrogens is 471 g/mol. The highest BCUT2D eigenvalue weighted by Crippen LogP contribution is 2.37. The zero-order valence-corrected chi connectivity index (χ0v) is 20.1. The summed E-state index contributed by atoms with van der Waals surface area (Å²) < 4.78 is 0. The van der Waals surface area contributed by atoms with Crippen LogP contribution in [-0.4, -0.2) is 27.9 Å². The van der Waals surface area contributed by atoms with Crippen LogP contribution in [0.15, 0.2) is 72.8 Å². The highest BCUT2D eigenvalue weighted by molar-refractivity contribution is 6.42. The van der Waals surface area contributed by atoms with Crippen LogP contribution >= 0.6 is 23.2 Å². The fourth-order valence-corrected chi connectivity index (χ4v) is 4.26. The van der Waals surface area contributed by atoms with Crippen LogP contribution in [0.3, 0.4) is 0 Å². The number of carbonyl (C=O) groups is 2. The van der Waals surface area contributed by atoms with Gasteiger partial charge in [0.1, 0.15) is 11.8 Å². The fraction of sp³-hybridized carbons (Fsp3) is 0.259. The van der Waals surface area contributed by atoms with Gasteiger partial charge in [0.25, 0.3) is 0 Å². The molecular formula is C27H26Cl2N2O3. The zero-order chi connectivity index (χ0) is 24.1. The molecule has 1 aliphatic rings. The number of halogens is 2. The molecule has 34 heavy (non-hydrogen) atoms. The molecule has 0 radical (unpaired) electrons. The molecule has 7 heteroatoms. The molecule has 176 valence electrons. The Hall–Kier alpha value is -3.02. The Balaban J connectivity index is 1.57. The number of benzene rings is 3. The quantitative estimate of drug-likeness (QED) is 0.400. The number of hydrogen-bond acceptors (Lipinski definition) is 3. The Kier molecular flexibility index (Phi) is 7.76. The van der Waals surface area contributed by atoms with Crippen molar-refractivity contribution in [1.29, 1.82) is 0 Å². The first-order chi connectivity index (χ1) is 16.4. The van der Waals surface area contributed by atoms with Crippen LogP contribution in [0.25, 0.3) is 0 Å². The van der Waals surface area contributed by atoms with Crippen LogP contribution in [0.4, 0.5) is 0 Å². The molecule has 0 heterocycles. The molecule has 1 saturated carbocycles. The summed E-state index contributed by atoms with van der Waals surface area (Å²) in [6.45, 7) is 0.359. The molecule has 1 unspecified atom stereocenters. The molecule has 1 atom stereocenters. The highest BCUT2D eigenvalue weighted by atomic mass is 35.5. The lowest BCUT2D eigenvalue weighted by Gasteiger charge is -2.32. The Bertz CT molecular complexity index is 1150. The zero-order valence-electron chi connectivity index (χ0n) is 18.6. The van der Waals surface area contributed by atoms with E-state index in [4.69, 9.17) is 23.2 Å². The van der Waals surface area contributed by atoms with Crippen molar-refractivity contribution in [3.63, 3.8) is 0 Å². The van der Waals surface area contributed by atoms with E-state index in [1.807, 2.05) is 30.3 Å². The number of phenols is 1. The summed E-state index contributed by atoms with van der Waals surface area (Å²) in [5.74, 6) is -0.168. The maximum atomic E-state index is 13.5. The van der Waals surface area contributed by atoms with Gasteiger partial charge < -0.3 is 15.3 Å². The highest BCUT2D eigenvalue weighted by Gasteiger charge is 2.41. The van der Waals surface area contributed by atoms with E-state index >= 15 is 0 Å². The predicted molar refractivity (Wildman–Crippen MR) is 134 cm³/mol. The van der Waals surface area contributed by atoms with Crippen molar-refractivity contribution in [3.8, 4) is 5.75 Å². The average molecular weight is 497 g/mol. The Morgan fingerprint density at radius 1 is 0.941 bits per heavy atom. The molecule has 1 fully saturated rings. The molecule has 1 aliphatic carbocycles. The SMILES string of the molecule is O=C(NCc1ccccc1)C(c1ccc(Cl)c(Cl)c1)N(C(=O)CCc1ccc(O)cc1)C1CC1. The number of nitrogens with one attached hydrogen (secondary N) is 1. The van der Waals surface area contributed by atoms with Crippen LogP contribution in [0, 0.1) is 0 Å². The van der Waals surface area contributed by atoms with Gasteiger partial charge in [-0.25, -0.2) is 0 Å². The number of aromatic hydroxyl groups is 1. The van der Waals surface area contributed by atoms with Gasteiger partial charge in [-0.05, 0) is 60.2 Å². The second-order valence-electron chi connectivity index (χ2n) is 8.48. The minimum absolute atomic E-state index is 0.00856. The van der Waals surface area contributed by atoms with Gasteiger partial charge >= 0.3 is 0 Å². The van der Waals surface area contributed by atoms with E-state index in [1.54, 1.807) is 47.4 Å². The van der Waals surface area contributed by atoms with E-state index in [2.05, 4.69) is 5.32 Å². The minimum Gasteiger partial charge on any atom is -0.508 e. The van der Waals surface area contributed by atoms with Gasteiger partial charge in [-0.2, -0.15) is 0 Å². The second kappa shape index (κ2) is 10.9. The molecule has 0 aliphatic heterocycles. The molecule has 2 N–H and O–H groups in total. The largest absolute Gasteiger partial charge is 0.508 e. The molecule has 2 amide bonds. The molecule has 3 aromatic carbocycles. The van der Waals surface area contributed by atoms with E-state index in [0.29, 0.717) is 28.6 Å². The number of phenolic OH excluding ortho intramolecular Hbond substituents is 1. The summed E-state index contributed by atoms with van der Waals surface area (Å²) in [7, 11) is 0. The van der Waals surface area contributed by atoms with Gasteiger partial charge in [-0.1, -0.05) is 71.7 Å². The number of rotatable bonds is 9. The first kappa shape index (κ1) is 24.1. The van der Waals surface area contributed by atoms with Crippen LogP contribution in [0.5, 0.6) is 5.75 Å². The van der Waals surface area contributed by atoms with Crippen molar-refractivity contribution < 1.29 is 14.7 Å². The van der Waals surface area contributed by atoms with Crippen molar-refractivity contribution in [2.75, 3.05) is 0 Å². The number of hydrogen-bond donors (Lipinski definition) is 2. The summed E-state index contributed by atoms with van der Waals surface area (Å²) in [4.78, 5) is 28.7. The lowest BCUT2D eigenvalue weighted by Crippen LogP contribution is -2.45. The Morgan fingerprint density at radius 3 is 2.29 bits per heavy atom. The van der Waals surface area contributed by atoms with Crippen LogP contribution in [-0.2, 0) is 22.6 Å². The molecule has 0 spiro atoms. The molecule has 5 nitrogen and oxygen atoms in total. The molecule has 0 aromatic heterocycles. The first-order valence-electron chi connectivity index (χ1n) is 11.3. The van der Waals surface area contributed by atoms with Gasteiger partial charge in [0.05, 0.1) is 10.0 Å². The van der Waals surface area contributed by atoms with Crippen molar-refractivity contribution in [1.82, 2.24) is 10.2 Å². The van der Waals surface area contributed by atoms with Crippen molar-refractivity contribution >= 4 is 35.0 Å². The van der Waals surface area contributed by atoms with Crippen LogP contribution in [0.1, 0.15) is 42.0 Å². The topological polar surface area (TPSA) is 69.6 Å². The number of carbonyl (C=O) groups excluding carboxylic acids is 2. The summed E-state index contributed by atoms with van der Waals surface area (Å²) in [6.07, 6.45) is 2.48. The third kappa shape index (κ3) is 6.10. The standard InChI is InChI=1S/C27H26Cl2N2O3/c28-23-14-9-20(16-24(23)29)26(27(34)30-17-19-4-2-1-3-5-19)31(21-10-11-21)25(33)15-8-18-6-12-22(32)13-7-18/h1-7,9,12-14,16,21,26,32H,8,10-11,15,17H2,(H,30,34). The lowest BCUT2D eigenvalue weighted by atomic mass is 10.0. The first-order valence-corrected chi connectivity index (χ1v) is 12.0. The normalized spacial score (nSPS) is 13.8. The van der Waals surface area contributed by atoms with Crippen LogP contribution < -0.4 is 5.32 Å². The third-order valence-electron chi connectivity index (χ3n) is 5.89. The number of amides is 2. The summed E-state index contributed by atoms with van der Waals surface area (Å²) in [5, 5.41) is 13.2. The second-order valence-corrected chi connectivity index (χ2v) is 9.29. The Morgan fingerprint density at radius 2 is 1.65 bits per heavy atom. The van der Waals surface area contributed by atoms with Gasteiger partial charge in [0.2, 0.25) is 11.8 Å². The van der Waals surface area contributed by atoms with E-state index in [9.17, 15) is 14.7 Å². The third-order valence-corrected chi connectivity index (χ3v) is 6.63. The molecule has 0 bridgehead atoms. The van der Waals surface area contributed by atoms with Gasteiger partial charge in [0, 0.05) is 19.0 Å². The average Bonchev–Trinajstić information content (AvgIpc) is 3.68. The van der Waals surface area contributed by atoms with Crippen molar-refractivity contribution in [2.45, 2.75) is 44.3 Å². The van der Waals surface area contributed by atoms with E-state index in [0.717, 1.165) is 24.0 Å². The summed E-state index contributed by atoms with van der Waals surface area (Å²) in [6, 6.07) is 20.7. The van der Waals surface area contributed by atoms with Gasteiger partial charge in [-0.3, -0.25) is 9.59 Å². The molecule has 4 rings (SSSR count). The van der Waals surface area contributed by atoms with E-state index in [1.165, 1.54) is 0 Å².